The van der Waals surface area contributed by atoms with Gasteiger partial charge in [-0.05, 0) is 36.5 Å². The molecule has 0 unspecified atom stereocenters. The minimum absolute atomic E-state index is 0.313. The van der Waals surface area contributed by atoms with Gasteiger partial charge in [0.25, 0.3) is 5.91 Å². The largest absolute Gasteiger partial charge is 0.293 e. The fourth-order valence-corrected chi connectivity index (χ4v) is 1.41. The zero-order valence-corrected chi connectivity index (χ0v) is 12.1. The highest BCUT2D eigenvalue weighted by atomic mass is 16.6. The van der Waals surface area contributed by atoms with Crippen molar-refractivity contribution in [3.63, 3.8) is 0 Å². The maximum Gasteiger partial charge on any atom is 0.293 e. The predicted molar refractivity (Wildman–Crippen MR) is 76.6 cm³/mol. The number of aromatic nitrogens is 1. The van der Waals surface area contributed by atoms with Gasteiger partial charge in [0.15, 0.2) is 0 Å². The van der Waals surface area contributed by atoms with Gasteiger partial charge in [0, 0.05) is 6.20 Å². The summed E-state index contributed by atoms with van der Waals surface area (Å²) in [6, 6.07) is 1.77. The van der Waals surface area contributed by atoms with Crippen LogP contribution in [0.3, 0.4) is 0 Å². The van der Waals surface area contributed by atoms with Crippen molar-refractivity contribution in [3.05, 3.63) is 35.2 Å². The molecule has 0 spiro atoms. The maximum absolute atomic E-state index is 11.8. The number of amides is 1. The zero-order chi connectivity index (χ0) is 14.3. The number of carbonyl (C=O) groups is 1. The Hall–Kier alpha value is -1.68. The summed E-state index contributed by atoms with van der Waals surface area (Å²) in [5.41, 5.74) is 4.82. The zero-order valence-electron chi connectivity index (χ0n) is 12.1. The molecule has 19 heavy (non-hydrogen) atoms. The fourth-order valence-electron chi connectivity index (χ4n) is 1.41. The van der Waals surface area contributed by atoms with Gasteiger partial charge in [-0.3, -0.25) is 14.6 Å². The van der Waals surface area contributed by atoms with Crippen LogP contribution in [-0.2, 0) is 4.84 Å². The highest BCUT2D eigenvalue weighted by Gasteiger charge is 2.09. The third kappa shape index (κ3) is 5.22. The van der Waals surface area contributed by atoms with E-state index in [0.717, 1.165) is 17.5 Å². The van der Waals surface area contributed by atoms with E-state index < -0.39 is 0 Å². The summed E-state index contributed by atoms with van der Waals surface area (Å²) in [5, 5.41) is 0. The van der Waals surface area contributed by atoms with Crippen molar-refractivity contribution in [1.82, 2.24) is 10.5 Å². The molecular formula is C15H22N2O2. The second kappa shape index (κ2) is 7.69. The SMILES string of the molecule is CCC=Cc1cc(C(=O)NOCC(C)C)ncc1C. The summed E-state index contributed by atoms with van der Waals surface area (Å²) in [6.45, 7) is 8.56. The summed E-state index contributed by atoms with van der Waals surface area (Å²) < 4.78 is 0. The molecule has 4 heteroatoms. The molecule has 0 aromatic carbocycles. The lowest BCUT2D eigenvalue weighted by molar-refractivity contribution is 0.0205. The van der Waals surface area contributed by atoms with Crippen molar-refractivity contribution in [2.75, 3.05) is 6.61 Å². The highest BCUT2D eigenvalue weighted by Crippen LogP contribution is 2.11. The molecule has 1 aromatic heterocycles. The van der Waals surface area contributed by atoms with Crippen LogP contribution in [0.4, 0.5) is 0 Å². The predicted octanol–water partition coefficient (Wildman–Crippen LogP) is 3.13. The van der Waals surface area contributed by atoms with Crippen LogP contribution in [-0.4, -0.2) is 17.5 Å². The number of hydrogen-bond acceptors (Lipinski definition) is 3. The van der Waals surface area contributed by atoms with Crippen LogP contribution in [0.5, 0.6) is 0 Å². The van der Waals surface area contributed by atoms with Gasteiger partial charge < -0.3 is 0 Å². The van der Waals surface area contributed by atoms with Gasteiger partial charge in [-0.2, -0.15) is 0 Å². The van der Waals surface area contributed by atoms with Gasteiger partial charge in [0.2, 0.25) is 0 Å². The van der Waals surface area contributed by atoms with E-state index in [-0.39, 0.29) is 5.91 Å². The molecule has 0 saturated heterocycles. The molecule has 0 fully saturated rings. The summed E-state index contributed by atoms with van der Waals surface area (Å²) in [6.07, 6.45) is 6.72. The van der Waals surface area contributed by atoms with Crippen LogP contribution in [0.15, 0.2) is 18.3 Å². The average Bonchev–Trinajstić information content (AvgIpc) is 2.37. The molecule has 0 aliphatic heterocycles. The van der Waals surface area contributed by atoms with Gasteiger partial charge in [-0.15, -0.1) is 0 Å². The maximum atomic E-state index is 11.8. The molecule has 0 aliphatic carbocycles. The van der Waals surface area contributed by atoms with Gasteiger partial charge in [-0.25, -0.2) is 5.48 Å². The quantitative estimate of drug-likeness (QED) is 0.801. The van der Waals surface area contributed by atoms with E-state index >= 15 is 0 Å². The number of nitrogens with one attached hydrogen (secondary N) is 1. The number of hydroxylamine groups is 1. The minimum atomic E-state index is -0.313. The third-order valence-corrected chi connectivity index (χ3v) is 2.49. The number of allylic oxidation sites excluding steroid dienone is 1. The van der Waals surface area contributed by atoms with Crippen molar-refractivity contribution < 1.29 is 9.63 Å². The first-order valence-electron chi connectivity index (χ1n) is 6.60. The van der Waals surface area contributed by atoms with Crippen molar-refractivity contribution in [2.24, 2.45) is 5.92 Å². The van der Waals surface area contributed by atoms with Crippen molar-refractivity contribution in [3.8, 4) is 0 Å². The van der Waals surface area contributed by atoms with Crippen LogP contribution in [0.2, 0.25) is 0 Å². The van der Waals surface area contributed by atoms with E-state index in [4.69, 9.17) is 4.84 Å². The Labute approximate surface area is 114 Å². The van der Waals surface area contributed by atoms with Crippen molar-refractivity contribution >= 4 is 12.0 Å². The molecule has 1 N–H and O–H groups in total. The molecule has 1 rings (SSSR count). The second-order valence-corrected chi connectivity index (χ2v) is 4.87. The summed E-state index contributed by atoms with van der Waals surface area (Å²) in [7, 11) is 0. The van der Waals surface area contributed by atoms with E-state index in [1.165, 1.54) is 0 Å². The van der Waals surface area contributed by atoms with Crippen LogP contribution in [0.1, 0.15) is 48.8 Å². The van der Waals surface area contributed by atoms with Crippen LogP contribution >= 0.6 is 0 Å². The summed E-state index contributed by atoms with van der Waals surface area (Å²) in [5.74, 6) is 0.0566. The van der Waals surface area contributed by atoms with Crippen LogP contribution in [0.25, 0.3) is 6.08 Å². The third-order valence-electron chi connectivity index (χ3n) is 2.49. The normalized spacial score (nSPS) is 11.2. The van der Waals surface area contributed by atoms with Crippen molar-refractivity contribution in [2.45, 2.75) is 34.1 Å². The second-order valence-electron chi connectivity index (χ2n) is 4.87. The Morgan fingerprint density at radius 1 is 1.53 bits per heavy atom. The van der Waals surface area contributed by atoms with E-state index in [9.17, 15) is 4.79 Å². The van der Waals surface area contributed by atoms with E-state index in [2.05, 4.69) is 23.5 Å². The first-order valence-corrected chi connectivity index (χ1v) is 6.60. The van der Waals surface area contributed by atoms with Gasteiger partial charge in [0.1, 0.15) is 5.69 Å². The number of hydrogen-bond donors (Lipinski definition) is 1. The lowest BCUT2D eigenvalue weighted by Gasteiger charge is -2.08. The molecule has 1 heterocycles. The monoisotopic (exact) mass is 262 g/mol. The number of rotatable bonds is 6. The molecule has 0 bridgehead atoms. The molecule has 0 radical (unpaired) electrons. The van der Waals surface area contributed by atoms with Gasteiger partial charge >= 0.3 is 0 Å². The minimum Gasteiger partial charge on any atom is -0.273 e. The lowest BCUT2D eigenvalue weighted by Crippen LogP contribution is -2.26. The van der Waals surface area contributed by atoms with E-state index in [0.29, 0.717) is 18.2 Å². The fraction of sp³-hybridized carbons (Fsp3) is 0.467. The van der Waals surface area contributed by atoms with E-state index in [1.807, 2.05) is 26.8 Å². The number of carbonyl (C=O) groups excluding carboxylic acids is 1. The summed E-state index contributed by atoms with van der Waals surface area (Å²) >= 11 is 0. The molecule has 1 amide bonds. The molecule has 4 nitrogen and oxygen atoms in total. The molecule has 0 saturated carbocycles. The number of pyridine rings is 1. The van der Waals surface area contributed by atoms with Crippen molar-refractivity contribution in [1.29, 1.82) is 0 Å². The van der Waals surface area contributed by atoms with Crippen LogP contribution in [0, 0.1) is 12.8 Å². The first kappa shape index (κ1) is 15.4. The topological polar surface area (TPSA) is 51.2 Å². The van der Waals surface area contributed by atoms with Crippen LogP contribution < -0.4 is 5.48 Å². The Kier molecular flexibility index (Phi) is 6.22. The lowest BCUT2D eigenvalue weighted by atomic mass is 10.1. The number of nitrogens with zero attached hydrogens (tertiary/aromatic N) is 1. The highest BCUT2D eigenvalue weighted by molar-refractivity contribution is 5.92. The molecule has 0 aliphatic rings. The standard InChI is InChI=1S/C15H22N2O2/c1-5-6-7-13-8-14(16-9-12(13)4)15(18)17-19-10-11(2)3/h6-9,11H,5,10H2,1-4H3,(H,17,18). The Morgan fingerprint density at radius 3 is 2.89 bits per heavy atom. The molecule has 0 atom stereocenters. The molecular weight excluding hydrogens is 240 g/mol. The molecule has 1 aromatic rings. The van der Waals surface area contributed by atoms with Gasteiger partial charge in [0.05, 0.1) is 6.61 Å². The smallest absolute Gasteiger partial charge is 0.273 e. The van der Waals surface area contributed by atoms with Gasteiger partial charge in [-0.1, -0.05) is 32.9 Å². The Bertz CT molecular complexity index is 453. The number of aryl methyl sites for hydroxylation is 1. The summed E-state index contributed by atoms with van der Waals surface area (Å²) in [4.78, 5) is 21.1. The Morgan fingerprint density at radius 2 is 2.26 bits per heavy atom. The van der Waals surface area contributed by atoms with E-state index in [1.54, 1.807) is 12.3 Å². The Balaban J connectivity index is 2.72. The first-order chi connectivity index (χ1) is 9.04. The molecule has 104 valence electrons. The average molecular weight is 262 g/mol.